The van der Waals surface area contributed by atoms with Gasteiger partial charge in [0, 0.05) is 18.8 Å². The van der Waals surface area contributed by atoms with Crippen molar-refractivity contribution in [3.8, 4) is 11.1 Å². The maximum absolute atomic E-state index is 13.5. The molecule has 0 radical (unpaired) electrons. The van der Waals surface area contributed by atoms with Crippen molar-refractivity contribution >= 4 is 12.2 Å². The molecule has 3 aromatic carbocycles. The first-order valence-corrected chi connectivity index (χ1v) is 12.8. The van der Waals surface area contributed by atoms with Gasteiger partial charge in [-0.2, -0.15) is 0 Å². The van der Waals surface area contributed by atoms with Gasteiger partial charge in [-0.25, -0.2) is 4.79 Å². The molecule has 3 aromatic rings. The van der Waals surface area contributed by atoms with Crippen LogP contribution in [0.2, 0.25) is 0 Å². The van der Waals surface area contributed by atoms with Crippen molar-refractivity contribution in [2.75, 3.05) is 19.8 Å². The van der Waals surface area contributed by atoms with E-state index in [9.17, 15) is 9.90 Å². The second-order valence-corrected chi connectivity index (χ2v) is 10.5. The summed E-state index contributed by atoms with van der Waals surface area (Å²) in [6.45, 7) is 1.12. The minimum Gasteiger partial charge on any atom is -0.448 e. The molecule has 182 valence electrons. The monoisotopic (exact) mass is 479 g/mol. The van der Waals surface area contributed by atoms with Gasteiger partial charge in [0.1, 0.15) is 6.61 Å². The molecule has 7 rings (SSSR count). The molecule has 2 unspecified atom stereocenters. The van der Waals surface area contributed by atoms with Gasteiger partial charge in [-0.3, -0.25) is 4.90 Å². The lowest BCUT2D eigenvalue weighted by Gasteiger charge is -2.51. The third kappa shape index (κ3) is 3.34. The number of fused-ring (bicyclic) bond motifs is 6. The van der Waals surface area contributed by atoms with E-state index in [4.69, 9.17) is 9.47 Å². The van der Waals surface area contributed by atoms with Gasteiger partial charge in [0.25, 0.3) is 0 Å². The Labute approximate surface area is 211 Å². The van der Waals surface area contributed by atoms with Gasteiger partial charge in [0.05, 0.1) is 30.9 Å². The Balaban J connectivity index is 1.11. The van der Waals surface area contributed by atoms with Crippen LogP contribution in [-0.2, 0) is 21.5 Å². The number of aliphatic hydroxyl groups is 1. The van der Waals surface area contributed by atoms with E-state index in [1.807, 2.05) is 29.2 Å². The van der Waals surface area contributed by atoms with Crippen LogP contribution in [0.5, 0.6) is 0 Å². The minimum absolute atomic E-state index is 0.0265. The highest BCUT2D eigenvalue weighted by Crippen LogP contribution is 2.46. The number of ether oxygens (including phenoxy) is 2. The molecule has 1 amide bonds. The van der Waals surface area contributed by atoms with E-state index >= 15 is 0 Å². The number of hydrogen-bond donors (Lipinski definition) is 1. The number of carbonyl (C=O) groups excluding carboxylic acids is 1. The maximum Gasteiger partial charge on any atom is 0.410 e. The van der Waals surface area contributed by atoms with Crippen LogP contribution in [0.15, 0.2) is 72.8 Å². The molecule has 2 saturated heterocycles. The fourth-order valence-electron chi connectivity index (χ4n) is 6.89. The maximum atomic E-state index is 13.5. The highest BCUT2D eigenvalue weighted by Gasteiger charge is 2.50. The summed E-state index contributed by atoms with van der Waals surface area (Å²) < 4.78 is 11.8. The van der Waals surface area contributed by atoms with E-state index in [0.29, 0.717) is 32.7 Å². The quantitative estimate of drug-likeness (QED) is 0.557. The van der Waals surface area contributed by atoms with Crippen molar-refractivity contribution in [1.29, 1.82) is 0 Å². The van der Waals surface area contributed by atoms with Crippen molar-refractivity contribution in [3.63, 3.8) is 0 Å². The number of amides is 1. The predicted molar refractivity (Wildman–Crippen MR) is 138 cm³/mol. The number of rotatable bonds is 3. The van der Waals surface area contributed by atoms with Gasteiger partial charge in [-0.15, -0.1) is 0 Å². The van der Waals surface area contributed by atoms with Crippen molar-refractivity contribution in [1.82, 2.24) is 4.90 Å². The van der Waals surface area contributed by atoms with Gasteiger partial charge in [-0.1, -0.05) is 78.9 Å². The standard InChI is InChI=1S/C31H29NO4/c33-30(36-19-28-26-11-3-1-9-24(26)25-10-2-4-12-27(25)28)32-21-15-31(34,16-22(32)18-35-17-21)29-14-6-8-20-7-5-13-23(20)29/h1-12,14,21-22,28,34H,13,15-19H2. The fraction of sp³-hybridized carbons (Fsp3) is 0.323. The lowest BCUT2D eigenvalue weighted by molar-refractivity contribution is -0.136. The smallest absolute Gasteiger partial charge is 0.410 e. The Bertz CT molecular complexity index is 1320. The molecule has 0 aromatic heterocycles. The number of allylic oxidation sites excluding steroid dienone is 1. The Morgan fingerprint density at radius 3 is 2.31 bits per heavy atom. The zero-order valence-electron chi connectivity index (χ0n) is 20.1. The Morgan fingerprint density at radius 2 is 1.61 bits per heavy atom. The molecule has 36 heavy (non-hydrogen) atoms. The average molecular weight is 480 g/mol. The number of hydrogen-bond acceptors (Lipinski definition) is 4. The van der Waals surface area contributed by atoms with Crippen LogP contribution in [0.25, 0.3) is 17.2 Å². The van der Waals surface area contributed by atoms with Crippen LogP contribution in [0.1, 0.15) is 46.6 Å². The molecular formula is C31H29NO4. The van der Waals surface area contributed by atoms with Gasteiger partial charge < -0.3 is 14.6 Å². The van der Waals surface area contributed by atoms with Crippen LogP contribution in [-0.4, -0.2) is 48.0 Å². The van der Waals surface area contributed by atoms with E-state index < -0.39 is 5.60 Å². The third-order valence-electron chi connectivity index (χ3n) is 8.43. The summed E-state index contributed by atoms with van der Waals surface area (Å²) in [6.07, 6.45) is 5.70. The molecular weight excluding hydrogens is 450 g/mol. The SMILES string of the molecule is O=C(OCC1c2ccccc2-c2ccccc21)N1C2COCC1CC(O)(c1cccc3c1CC=C3)C2. The molecule has 2 aliphatic heterocycles. The van der Waals surface area contributed by atoms with Crippen molar-refractivity contribution < 1.29 is 19.4 Å². The highest BCUT2D eigenvalue weighted by atomic mass is 16.6. The first kappa shape index (κ1) is 21.8. The van der Waals surface area contributed by atoms with Gasteiger partial charge in [0.2, 0.25) is 0 Å². The molecule has 2 bridgehead atoms. The first-order chi connectivity index (χ1) is 17.6. The molecule has 2 aliphatic carbocycles. The van der Waals surface area contributed by atoms with Crippen molar-refractivity contribution in [2.24, 2.45) is 0 Å². The number of benzene rings is 3. The summed E-state index contributed by atoms with van der Waals surface area (Å²) in [6, 6.07) is 22.5. The summed E-state index contributed by atoms with van der Waals surface area (Å²) in [5.74, 6) is 0.0265. The number of nitrogens with zero attached hydrogens (tertiary/aromatic N) is 1. The van der Waals surface area contributed by atoms with E-state index in [1.54, 1.807) is 0 Å². The van der Waals surface area contributed by atoms with Crippen LogP contribution in [0.4, 0.5) is 4.79 Å². The van der Waals surface area contributed by atoms with E-state index in [0.717, 1.165) is 12.0 Å². The minimum atomic E-state index is -0.976. The summed E-state index contributed by atoms with van der Waals surface area (Å²) in [5.41, 5.74) is 7.24. The second-order valence-electron chi connectivity index (χ2n) is 10.5. The first-order valence-electron chi connectivity index (χ1n) is 12.8. The predicted octanol–water partition coefficient (Wildman–Crippen LogP) is 5.26. The zero-order valence-corrected chi connectivity index (χ0v) is 20.1. The van der Waals surface area contributed by atoms with Crippen molar-refractivity contribution in [2.45, 2.75) is 42.9 Å². The second kappa shape index (κ2) is 8.32. The largest absolute Gasteiger partial charge is 0.448 e. The molecule has 2 atom stereocenters. The highest BCUT2D eigenvalue weighted by molar-refractivity contribution is 5.79. The number of piperidine rings is 1. The Hall–Kier alpha value is -3.41. The van der Waals surface area contributed by atoms with E-state index in [1.165, 1.54) is 33.4 Å². The summed E-state index contributed by atoms with van der Waals surface area (Å²) in [7, 11) is 0. The van der Waals surface area contributed by atoms with Crippen molar-refractivity contribution in [3.05, 3.63) is 101 Å². The Morgan fingerprint density at radius 1 is 0.944 bits per heavy atom. The topological polar surface area (TPSA) is 59.0 Å². The molecule has 0 spiro atoms. The van der Waals surface area contributed by atoms with Gasteiger partial charge in [-0.05, 0) is 45.4 Å². The molecule has 4 aliphatic rings. The summed E-state index contributed by atoms with van der Waals surface area (Å²) in [5, 5.41) is 11.9. The van der Waals surface area contributed by atoms with Crippen LogP contribution in [0.3, 0.4) is 0 Å². The van der Waals surface area contributed by atoms with E-state index in [-0.39, 0.29) is 24.1 Å². The fourth-order valence-corrected chi connectivity index (χ4v) is 6.89. The molecule has 1 N–H and O–H groups in total. The zero-order chi connectivity index (χ0) is 24.3. The lowest BCUT2D eigenvalue weighted by Crippen LogP contribution is -2.62. The number of morpholine rings is 1. The van der Waals surface area contributed by atoms with Crippen LogP contribution < -0.4 is 0 Å². The van der Waals surface area contributed by atoms with Crippen LogP contribution in [0, 0.1) is 0 Å². The number of carbonyl (C=O) groups is 1. The molecule has 5 nitrogen and oxygen atoms in total. The molecule has 2 heterocycles. The Kier molecular flexibility index (Phi) is 5.05. The van der Waals surface area contributed by atoms with Gasteiger partial charge >= 0.3 is 6.09 Å². The summed E-state index contributed by atoms with van der Waals surface area (Å²) >= 11 is 0. The molecule has 2 fully saturated rings. The van der Waals surface area contributed by atoms with E-state index in [2.05, 4.69) is 54.6 Å². The molecule has 0 saturated carbocycles. The third-order valence-corrected chi connectivity index (χ3v) is 8.43. The summed E-state index contributed by atoms with van der Waals surface area (Å²) in [4.78, 5) is 15.3. The molecule has 5 heteroatoms. The van der Waals surface area contributed by atoms with Crippen LogP contribution >= 0.6 is 0 Å². The lowest BCUT2D eigenvalue weighted by atomic mass is 9.75. The normalized spacial score (nSPS) is 25.9. The average Bonchev–Trinajstić information content (AvgIpc) is 3.49. The van der Waals surface area contributed by atoms with Gasteiger partial charge in [0.15, 0.2) is 0 Å².